The monoisotopic (exact) mass is 582 g/mol. The lowest BCUT2D eigenvalue weighted by molar-refractivity contribution is 1.64. The molecule has 0 bridgehead atoms. The minimum atomic E-state index is 1.24. The Labute approximate surface area is 268 Å². The fourth-order valence-electron chi connectivity index (χ4n) is 7.17. The van der Waals surface area contributed by atoms with Crippen molar-refractivity contribution in [2.75, 3.05) is 0 Å². The molecule has 0 aliphatic heterocycles. The Balaban J connectivity index is 1.22. The quantitative estimate of drug-likeness (QED) is 0.181. The van der Waals surface area contributed by atoms with Gasteiger partial charge in [0.1, 0.15) is 0 Å². The Hall–Kier alpha value is -5.98. The van der Waals surface area contributed by atoms with Gasteiger partial charge in [0.05, 0.1) is 0 Å². The molecule has 9 aromatic rings. The Morgan fingerprint density at radius 1 is 0.196 bits per heavy atom. The van der Waals surface area contributed by atoms with E-state index in [0.29, 0.717) is 0 Å². The first kappa shape index (κ1) is 26.4. The van der Waals surface area contributed by atoms with Crippen molar-refractivity contribution < 1.29 is 0 Å². The van der Waals surface area contributed by atoms with Gasteiger partial charge in [-0.2, -0.15) is 0 Å². The standard InChI is InChI=1S/C46H30/c1-3-11-31(12-4-1)33-19-21-37-29-39(25-23-35(37)27-33)45-41-15-7-9-17-43(41)46(44-18-10-8-16-42(44)45)40-26-24-36-28-34(20-22-38(36)30-40)32-13-5-2-6-14-32/h1-30H. The molecular weight excluding hydrogens is 553 g/mol. The molecular formula is C46H30. The molecule has 0 radical (unpaired) electrons. The van der Waals surface area contributed by atoms with Gasteiger partial charge in [-0.25, -0.2) is 0 Å². The van der Waals surface area contributed by atoms with Crippen molar-refractivity contribution in [2.24, 2.45) is 0 Å². The predicted molar refractivity (Wildman–Crippen MR) is 198 cm³/mol. The molecule has 9 rings (SSSR count). The summed E-state index contributed by atoms with van der Waals surface area (Å²) >= 11 is 0. The molecule has 0 spiro atoms. The molecule has 0 nitrogen and oxygen atoms in total. The summed E-state index contributed by atoms with van der Waals surface area (Å²) in [5, 5.41) is 10.1. The van der Waals surface area contributed by atoms with E-state index in [0.717, 1.165) is 0 Å². The third-order valence-corrected chi connectivity index (χ3v) is 9.40. The number of hydrogen-bond acceptors (Lipinski definition) is 0. The summed E-state index contributed by atoms with van der Waals surface area (Å²) < 4.78 is 0. The van der Waals surface area contributed by atoms with E-state index in [1.807, 2.05) is 0 Å². The van der Waals surface area contributed by atoms with Gasteiger partial charge in [-0.3, -0.25) is 0 Å². The van der Waals surface area contributed by atoms with Crippen LogP contribution < -0.4 is 0 Å². The summed E-state index contributed by atoms with van der Waals surface area (Å²) in [6.45, 7) is 0. The van der Waals surface area contributed by atoms with Crippen LogP contribution in [-0.2, 0) is 0 Å². The lowest BCUT2D eigenvalue weighted by Crippen LogP contribution is -1.91. The maximum absolute atomic E-state index is 2.36. The van der Waals surface area contributed by atoms with E-state index in [1.54, 1.807) is 0 Å². The van der Waals surface area contributed by atoms with Gasteiger partial charge < -0.3 is 0 Å². The third-order valence-electron chi connectivity index (χ3n) is 9.40. The lowest BCUT2D eigenvalue weighted by Gasteiger charge is -2.18. The Morgan fingerprint density at radius 3 is 0.826 bits per heavy atom. The second-order valence-electron chi connectivity index (χ2n) is 12.1. The van der Waals surface area contributed by atoms with E-state index in [9.17, 15) is 0 Å². The van der Waals surface area contributed by atoms with Gasteiger partial charge in [-0.05, 0) is 112 Å². The summed E-state index contributed by atoms with van der Waals surface area (Å²) in [4.78, 5) is 0. The summed E-state index contributed by atoms with van der Waals surface area (Å²) in [5.74, 6) is 0. The van der Waals surface area contributed by atoms with Crippen LogP contribution in [0.2, 0.25) is 0 Å². The fourth-order valence-corrected chi connectivity index (χ4v) is 7.17. The topological polar surface area (TPSA) is 0 Å². The molecule has 0 saturated carbocycles. The van der Waals surface area contributed by atoms with Crippen molar-refractivity contribution >= 4 is 43.1 Å². The highest BCUT2D eigenvalue weighted by atomic mass is 14.2. The van der Waals surface area contributed by atoms with Crippen LogP contribution in [0, 0.1) is 0 Å². The molecule has 0 fully saturated rings. The van der Waals surface area contributed by atoms with Crippen molar-refractivity contribution in [1.82, 2.24) is 0 Å². The Bertz CT molecular complexity index is 2320. The zero-order valence-corrected chi connectivity index (χ0v) is 25.3. The molecule has 0 saturated heterocycles. The third kappa shape index (κ3) is 4.47. The minimum Gasteiger partial charge on any atom is -0.0622 e. The smallest absolute Gasteiger partial charge is 0.00262 e. The summed E-state index contributed by atoms with van der Waals surface area (Å²) in [5.41, 5.74) is 10.0. The van der Waals surface area contributed by atoms with Crippen LogP contribution in [0.3, 0.4) is 0 Å². The van der Waals surface area contributed by atoms with Gasteiger partial charge in [0.15, 0.2) is 0 Å². The van der Waals surface area contributed by atoms with Gasteiger partial charge in [0.25, 0.3) is 0 Å². The van der Waals surface area contributed by atoms with Crippen molar-refractivity contribution in [3.8, 4) is 44.5 Å². The van der Waals surface area contributed by atoms with Crippen molar-refractivity contribution in [1.29, 1.82) is 0 Å². The van der Waals surface area contributed by atoms with Crippen LogP contribution in [0.15, 0.2) is 182 Å². The highest BCUT2D eigenvalue weighted by molar-refractivity contribution is 6.22. The van der Waals surface area contributed by atoms with Crippen LogP contribution in [0.4, 0.5) is 0 Å². The second kappa shape index (κ2) is 10.9. The average Bonchev–Trinajstić information content (AvgIpc) is 3.13. The lowest BCUT2D eigenvalue weighted by atomic mass is 9.85. The molecule has 0 unspecified atom stereocenters. The van der Waals surface area contributed by atoms with Gasteiger partial charge in [0.2, 0.25) is 0 Å². The maximum atomic E-state index is 2.36. The fraction of sp³-hybridized carbons (Fsp3) is 0. The highest BCUT2D eigenvalue weighted by Crippen LogP contribution is 2.44. The molecule has 0 aromatic heterocycles. The van der Waals surface area contributed by atoms with E-state index in [4.69, 9.17) is 0 Å². The molecule has 0 heteroatoms. The van der Waals surface area contributed by atoms with Crippen LogP contribution >= 0.6 is 0 Å². The maximum Gasteiger partial charge on any atom is -0.00262 e. The largest absolute Gasteiger partial charge is 0.0622 e. The van der Waals surface area contributed by atoms with Gasteiger partial charge in [-0.1, -0.05) is 158 Å². The molecule has 0 amide bonds. The summed E-state index contributed by atoms with van der Waals surface area (Å²) in [7, 11) is 0. The van der Waals surface area contributed by atoms with Gasteiger partial charge >= 0.3 is 0 Å². The van der Waals surface area contributed by atoms with E-state index in [-0.39, 0.29) is 0 Å². The summed E-state index contributed by atoms with van der Waals surface area (Å²) in [6, 6.07) is 66.5. The van der Waals surface area contributed by atoms with Crippen LogP contribution in [-0.4, -0.2) is 0 Å². The van der Waals surface area contributed by atoms with E-state index < -0.39 is 0 Å². The van der Waals surface area contributed by atoms with E-state index >= 15 is 0 Å². The zero-order valence-electron chi connectivity index (χ0n) is 25.3. The number of rotatable bonds is 4. The summed E-state index contributed by atoms with van der Waals surface area (Å²) in [6.07, 6.45) is 0. The van der Waals surface area contributed by atoms with Gasteiger partial charge in [0, 0.05) is 0 Å². The normalized spacial score (nSPS) is 11.5. The molecule has 0 heterocycles. The van der Waals surface area contributed by atoms with Crippen molar-refractivity contribution in [3.05, 3.63) is 182 Å². The molecule has 0 aliphatic rings. The van der Waals surface area contributed by atoms with Crippen LogP contribution in [0.1, 0.15) is 0 Å². The molecule has 0 aliphatic carbocycles. The van der Waals surface area contributed by atoms with Gasteiger partial charge in [-0.15, -0.1) is 0 Å². The average molecular weight is 583 g/mol. The highest BCUT2D eigenvalue weighted by Gasteiger charge is 2.17. The number of fused-ring (bicyclic) bond motifs is 4. The molecule has 0 atom stereocenters. The first-order valence-electron chi connectivity index (χ1n) is 15.9. The Morgan fingerprint density at radius 2 is 0.478 bits per heavy atom. The van der Waals surface area contributed by atoms with Crippen LogP contribution in [0.25, 0.3) is 87.6 Å². The zero-order chi connectivity index (χ0) is 30.5. The SMILES string of the molecule is c1ccc(-c2ccc3cc(-c4c5ccccc5c(-c5ccc6cc(-c7ccccc7)ccc6c5)c5ccccc45)ccc3c2)cc1. The molecule has 46 heavy (non-hydrogen) atoms. The number of benzene rings is 9. The second-order valence-corrected chi connectivity index (χ2v) is 12.1. The van der Waals surface area contributed by atoms with E-state index in [1.165, 1.54) is 87.6 Å². The van der Waals surface area contributed by atoms with Crippen molar-refractivity contribution in [3.63, 3.8) is 0 Å². The first-order valence-corrected chi connectivity index (χ1v) is 15.9. The molecule has 214 valence electrons. The van der Waals surface area contributed by atoms with E-state index in [2.05, 4.69) is 182 Å². The molecule has 9 aromatic carbocycles. The minimum absolute atomic E-state index is 1.24. The Kier molecular flexibility index (Phi) is 6.25. The first-order chi connectivity index (χ1) is 22.8. The van der Waals surface area contributed by atoms with Crippen molar-refractivity contribution in [2.45, 2.75) is 0 Å². The predicted octanol–water partition coefficient (Wildman–Crippen LogP) is 13.0. The van der Waals surface area contributed by atoms with Crippen LogP contribution in [0.5, 0.6) is 0 Å². The molecule has 0 N–H and O–H groups in total. The number of hydrogen-bond donors (Lipinski definition) is 0.